The van der Waals surface area contributed by atoms with Crippen molar-refractivity contribution in [2.45, 2.75) is 143 Å². The summed E-state index contributed by atoms with van der Waals surface area (Å²) in [7, 11) is 0. The van der Waals surface area contributed by atoms with Gasteiger partial charge in [0.1, 0.15) is 5.75 Å². The molecule has 1 aromatic rings. The predicted molar refractivity (Wildman–Crippen MR) is 156 cm³/mol. The zero-order valence-corrected chi connectivity index (χ0v) is 23.9. The Bertz CT molecular complexity index is 664. The van der Waals surface area contributed by atoms with Gasteiger partial charge in [-0.05, 0) is 57.9 Å². The second-order valence-corrected chi connectivity index (χ2v) is 10.8. The van der Waals surface area contributed by atoms with Gasteiger partial charge in [-0.1, -0.05) is 109 Å². The highest BCUT2D eigenvalue weighted by molar-refractivity contribution is 5.80. The standard InChI is InChI=1S/C18H38O.C14H19NO/c1-2-3-4-5-6-7-8-9-10-11-12-13-14-15-16-17-18-19;1-5-16-11-6-7-13-12(8-11)10(2)9-14(3,4)15-13/h19H,2-18H2,1H3;6-9,15H,5H2,1-4H3. The molecule has 0 unspecified atom stereocenters. The molecule has 0 bridgehead atoms. The Labute approximate surface area is 218 Å². The molecule has 0 amide bonds. The number of anilines is 1. The summed E-state index contributed by atoms with van der Waals surface area (Å²) in [6.07, 6.45) is 24.4. The summed E-state index contributed by atoms with van der Waals surface area (Å²) in [5.74, 6) is 0.940. The van der Waals surface area contributed by atoms with Gasteiger partial charge in [0.15, 0.2) is 0 Å². The average Bonchev–Trinajstić information content (AvgIpc) is 2.82. The van der Waals surface area contributed by atoms with E-state index >= 15 is 0 Å². The Morgan fingerprint density at radius 3 is 1.69 bits per heavy atom. The first-order valence-electron chi connectivity index (χ1n) is 14.8. The molecule has 202 valence electrons. The Balaban J connectivity index is 0.000000353. The summed E-state index contributed by atoms with van der Waals surface area (Å²) in [5.41, 5.74) is 3.77. The van der Waals surface area contributed by atoms with Gasteiger partial charge in [0.25, 0.3) is 0 Å². The maximum Gasteiger partial charge on any atom is 0.120 e. The van der Waals surface area contributed by atoms with Crippen LogP contribution in [0.25, 0.3) is 5.57 Å². The molecular weight excluding hydrogens is 430 g/mol. The number of fused-ring (bicyclic) bond motifs is 1. The van der Waals surface area contributed by atoms with Crippen LogP contribution in [0.4, 0.5) is 5.69 Å². The number of rotatable bonds is 18. The third-order valence-corrected chi connectivity index (χ3v) is 6.77. The van der Waals surface area contributed by atoms with Crippen molar-refractivity contribution in [3.63, 3.8) is 0 Å². The summed E-state index contributed by atoms with van der Waals surface area (Å²) < 4.78 is 5.52. The summed E-state index contributed by atoms with van der Waals surface area (Å²) in [6, 6.07) is 6.22. The lowest BCUT2D eigenvalue weighted by Gasteiger charge is -2.31. The minimum absolute atomic E-state index is 0.0320. The first-order chi connectivity index (χ1) is 16.9. The average molecular weight is 488 g/mol. The fourth-order valence-electron chi connectivity index (χ4n) is 4.88. The molecule has 3 nitrogen and oxygen atoms in total. The van der Waals surface area contributed by atoms with Crippen LogP contribution in [-0.2, 0) is 0 Å². The van der Waals surface area contributed by atoms with Crippen molar-refractivity contribution in [1.82, 2.24) is 0 Å². The van der Waals surface area contributed by atoms with Gasteiger partial charge in [0, 0.05) is 17.9 Å². The second-order valence-electron chi connectivity index (χ2n) is 10.8. The smallest absolute Gasteiger partial charge is 0.120 e. The fourth-order valence-corrected chi connectivity index (χ4v) is 4.88. The molecule has 0 spiro atoms. The van der Waals surface area contributed by atoms with Crippen LogP contribution >= 0.6 is 0 Å². The van der Waals surface area contributed by atoms with E-state index in [1.54, 1.807) is 0 Å². The molecule has 0 fully saturated rings. The molecular formula is C32H57NO2. The number of ether oxygens (including phenoxy) is 1. The Morgan fingerprint density at radius 1 is 0.743 bits per heavy atom. The Kier molecular flexibility index (Phi) is 17.7. The van der Waals surface area contributed by atoms with E-state index in [1.807, 2.05) is 13.0 Å². The van der Waals surface area contributed by atoms with Crippen molar-refractivity contribution >= 4 is 11.3 Å². The molecule has 35 heavy (non-hydrogen) atoms. The van der Waals surface area contributed by atoms with Gasteiger partial charge in [-0.25, -0.2) is 0 Å². The number of aliphatic hydroxyl groups is 1. The molecule has 1 aliphatic rings. The quantitative estimate of drug-likeness (QED) is 0.202. The molecule has 0 aliphatic carbocycles. The van der Waals surface area contributed by atoms with Gasteiger partial charge in [-0.3, -0.25) is 0 Å². The van der Waals surface area contributed by atoms with Crippen molar-refractivity contribution in [2.24, 2.45) is 0 Å². The summed E-state index contributed by atoms with van der Waals surface area (Å²) in [4.78, 5) is 0. The van der Waals surface area contributed by atoms with Gasteiger partial charge in [0.2, 0.25) is 0 Å². The third kappa shape index (κ3) is 15.3. The van der Waals surface area contributed by atoms with Crippen molar-refractivity contribution in [2.75, 3.05) is 18.5 Å². The van der Waals surface area contributed by atoms with E-state index in [9.17, 15) is 0 Å². The van der Waals surface area contributed by atoms with Crippen molar-refractivity contribution in [3.05, 3.63) is 29.8 Å². The van der Waals surface area contributed by atoms with E-state index in [2.05, 4.69) is 51.2 Å². The molecule has 2 N–H and O–H groups in total. The van der Waals surface area contributed by atoms with Gasteiger partial charge >= 0.3 is 0 Å². The van der Waals surface area contributed by atoms with Crippen LogP contribution in [-0.4, -0.2) is 23.9 Å². The van der Waals surface area contributed by atoms with Crippen LogP contribution in [0.1, 0.15) is 143 Å². The first-order valence-corrected chi connectivity index (χ1v) is 14.8. The van der Waals surface area contributed by atoms with Crippen LogP contribution in [0, 0.1) is 0 Å². The lowest BCUT2D eigenvalue weighted by molar-refractivity contribution is 0.282. The molecule has 0 saturated heterocycles. The van der Waals surface area contributed by atoms with Crippen molar-refractivity contribution < 1.29 is 9.84 Å². The van der Waals surface area contributed by atoms with E-state index < -0.39 is 0 Å². The molecule has 2 rings (SSSR count). The molecule has 0 atom stereocenters. The van der Waals surface area contributed by atoms with Crippen molar-refractivity contribution in [1.29, 1.82) is 0 Å². The molecule has 3 heteroatoms. The van der Waals surface area contributed by atoms with Crippen molar-refractivity contribution in [3.8, 4) is 5.75 Å². The maximum atomic E-state index is 8.67. The largest absolute Gasteiger partial charge is 0.494 e. The second kappa shape index (κ2) is 19.7. The number of aliphatic hydroxyl groups excluding tert-OH is 1. The van der Waals surface area contributed by atoms with Crippen LogP contribution in [0.15, 0.2) is 24.3 Å². The van der Waals surface area contributed by atoms with Crippen LogP contribution < -0.4 is 10.1 Å². The van der Waals surface area contributed by atoms with E-state index in [-0.39, 0.29) is 5.54 Å². The molecule has 1 aromatic carbocycles. The topological polar surface area (TPSA) is 41.5 Å². The number of unbranched alkanes of at least 4 members (excludes halogenated alkanes) is 15. The number of benzene rings is 1. The zero-order valence-electron chi connectivity index (χ0n) is 23.9. The normalized spacial score (nSPS) is 13.8. The van der Waals surface area contributed by atoms with E-state index in [0.717, 1.165) is 12.2 Å². The lowest BCUT2D eigenvalue weighted by atomic mass is 9.91. The highest BCUT2D eigenvalue weighted by Gasteiger charge is 2.22. The number of allylic oxidation sites excluding steroid dienone is 1. The fraction of sp³-hybridized carbons (Fsp3) is 0.750. The molecule has 1 aliphatic heterocycles. The highest BCUT2D eigenvalue weighted by atomic mass is 16.5. The van der Waals surface area contributed by atoms with E-state index in [4.69, 9.17) is 9.84 Å². The molecule has 0 saturated carbocycles. The van der Waals surface area contributed by atoms with Gasteiger partial charge < -0.3 is 15.2 Å². The van der Waals surface area contributed by atoms with E-state index in [1.165, 1.54) is 113 Å². The first kappa shape index (κ1) is 31.5. The number of nitrogens with one attached hydrogen (secondary N) is 1. The minimum atomic E-state index is 0.0320. The molecule has 0 aromatic heterocycles. The summed E-state index contributed by atoms with van der Waals surface area (Å²) in [5, 5.41) is 12.2. The van der Waals surface area contributed by atoms with Crippen LogP contribution in [0.3, 0.4) is 0 Å². The van der Waals surface area contributed by atoms with Gasteiger partial charge in [-0.15, -0.1) is 0 Å². The minimum Gasteiger partial charge on any atom is -0.494 e. The molecule has 0 radical (unpaired) electrons. The van der Waals surface area contributed by atoms with Crippen LogP contribution in [0.2, 0.25) is 0 Å². The number of hydrogen-bond donors (Lipinski definition) is 2. The summed E-state index contributed by atoms with van der Waals surface area (Å²) >= 11 is 0. The lowest BCUT2D eigenvalue weighted by Crippen LogP contribution is -2.31. The SMILES string of the molecule is CCCCCCCCCCCCCCCCCCO.CCOc1ccc2c(c1)C(C)=CC(C)(C)N2. The Hall–Kier alpha value is -1.48. The molecule has 1 heterocycles. The predicted octanol–water partition coefficient (Wildman–Crippen LogP) is 9.93. The Morgan fingerprint density at radius 2 is 1.23 bits per heavy atom. The van der Waals surface area contributed by atoms with E-state index in [0.29, 0.717) is 13.2 Å². The van der Waals surface area contributed by atoms with Crippen LogP contribution in [0.5, 0.6) is 5.75 Å². The summed E-state index contributed by atoms with van der Waals surface area (Å²) in [6.45, 7) is 11.9. The maximum absolute atomic E-state index is 8.67. The third-order valence-electron chi connectivity index (χ3n) is 6.77. The highest BCUT2D eigenvalue weighted by Crippen LogP contribution is 2.35. The van der Waals surface area contributed by atoms with Gasteiger partial charge in [0.05, 0.1) is 12.1 Å². The van der Waals surface area contributed by atoms with Gasteiger partial charge in [-0.2, -0.15) is 0 Å². The number of hydrogen-bond acceptors (Lipinski definition) is 3. The zero-order chi connectivity index (χ0) is 25.8. The monoisotopic (exact) mass is 487 g/mol.